The lowest BCUT2D eigenvalue weighted by molar-refractivity contribution is -0.00633. The van der Waals surface area contributed by atoms with Crippen LogP contribution in [-0.4, -0.2) is 24.4 Å². The van der Waals surface area contributed by atoms with Crippen LogP contribution in [0.3, 0.4) is 0 Å². The predicted molar refractivity (Wildman–Crippen MR) is 82.3 cm³/mol. The molecule has 0 radical (unpaired) electrons. The zero-order valence-electron chi connectivity index (χ0n) is 12.3. The van der Waals surface area contributed by atoms with Crippen LogP contribution in [0, 0.1) is 5.92 Å². The fourth-order valence-corrected chi connectivity index (χ4v) is 3.03. The Morgan fingerprint density at radius 2 is 2.10 bits per heavy atom. The molecule has 2 N–H and O–H groups in total. The topological polar surface area (TPSA) is 41.5 Å². The minimum Gasteiger partial charge on any atom is -0.496 e. The predicted octanol–water partition coefficient (Wildman–Crippen LogP) is 3.38. The summed E-state index contributed by atoms with van der Waals surface area (Å²) in [5.41, 5.74) is 0.380. The summed E-state index contributed by atoms with van der Waals surface area (Å²) in [6, 6.07) is 5.64. The highest BCUT2D eigenvalue weighted by molar-refractivity contribution is 6.31. The van der Waals surface area contributed by atoms with E-state index in [4.69, 9.17) is 16.3 Å². The van der Waals surface area contributed by atoms with Crippen molar-refractivity contribution in [3.63, 3.8) is 0 Å². The van der Waals surface area contributed by atoms with E-state index < -0.39 is 5.60 Å². The van der Waals surface area contributed by atoms with Gasteiger partial charge in [0.15, 0.2) is 0 Å². The number of hydrogen-bond acceptors (Lipinski definition) is 3. The molecule has 0 spiro atoms. The largest absolute Gasteiger partial charge is 0.496 e. The molecule has 0 atom stereocenters. The number of hydrogen-bond donors (Lipinski definition) is 2. The number of nitrogens with one attached hydrogen (secondary N) is 1. The Labute approximate surface area is 126 Å². The molecule has 0 heterocycles. The van der Waals surface area contributed by atoms with Crippen LogP contribution in [-0.2, 0) is 6.54 Å². The third kappa shape index (κ3) is 3.87. The maximum atomic E-state index is 10.5. The Balaban J connectivity index is 1.90. The molecule has 1 aromatic rings. The minimum absolute atomic E-state index is 0.568. The lowest BCUT2D eigenvalue weighted by Crippen LogP contribution is -2.43. The van der Waals surface area contributed by atoms with E-state index in [1.54, 1.807) is 7.11 Å². The maximum absolute atomic E-state index is 10.5. The van der Waals surface area contributed by atoms with E-state index >= 15 is 0 Å². The third-order valence-electron chi connectivity index (χ3n) is 4.26. The van der Waals surface area contributed by atoms with Crippen molar-refractivity contribution in [2.24, 2.45) is 5.92 Å². The average Bonchev–Trinajstić information content (AvgIpc) is 2.44. The zero-order valence-corrected chi connectivity index (χ0v) is 13.0. The van der Waals surface area contributed by atoms with Crippen LogP contribution in [0.25, 0.3) is 0 Å². The minimum atomic E-state index is -0.568. The molecule has 0 bridgehead atoms. The van der Waals surface area contributed by atoms with Crippen LogP contribution in [0.15, 0.2) is 18.2 Å². The number of ether oxygens (including phenoxy) is 1. The first-order chi connectivity index (χ1) is 9.54. The van der Waals surface area contributed by atoms with Crippen LogP contribution in [0.5, 0.6) is 5.75 Å². The molecule has 1 aromatic carbocycles. The normalized spacial score (nSPS) is 26.5. The van der Waals surface area contributed by atoms with Gasteiger partial charge in [-0.15, -0.1) is 0 Å². The quantitative estimate of drug-likeness (QED) is 0.875. The average molecular weight is 298 g/mol. The van der Waals surface area contributed by atoms with E-state index in [1.165, 1.54) is 0 Å². The Morgan fingerprint density at radius 1 is 1.40 bits per heavy atom. The van der Waals surface area contributed by atoms with Gasteiger partial charge in [0.2, 0.25) is 0 Å². The van der Waals surface area contributed by atoms with Gasteiger partial charge in [0.05, 0.1) is 12.7 Å². The molecule has 0 amide bonds. The van der Waals surface area contributed by atoms with E-state index in [9.17, 15) is 5.11 Å². The van der Waals surface area contributed by atoms with Gasteiger partial charge >= 0.3 is 0 Å². The van der Waals surface area contributed by atoms with Gasteiger partial charge in [0.25, 0.3) is 0 Å². The molecule has 0 unspecified atom stereocenters. The molecule has 2 rings (SSSR count). The van der Waals surface area contributed by atoms with Crippen LogP contribution < -0.4 is 10.1 Å². The summed E-state index contributed by atoms with van der Waals surface area (Å²) in [4.78, 5) is 0. The van der Waals surface area contributed by atoms with Gasteiger partial charge in [-0.05, 0) is 43.7 Å². The van der Waals surface area contributed by atoms with Gasteiger partial charge in [0.1, 0.15) is 5.75 Å². The van der Waals surface area contributed by atoms with Crippen molar-refractivity contribution in [1.82, 2.24) is 5.32 Å². The summed E-state index contributed by atoms with van der Waals surface area (Å²) in [5.74, 6) is 1.52. The molecular weight excluding hydrogens is 274 g/mol. The first kappa shape index (κ1) is 15.6. The Morgan fingerprint density at radius 3 is 2.75 bits per heavy atom. The fourth-order valence-electron chi connectivity index (χ4n) is 2.80. The lowest BCUT2D eigenvalue weighted by atomic mass is 9.79. The van der Waals surface area contributed by atoms with Crippen molar-refractivity contribution in [2.75, 3.05) is 13.7 Å². The van der Waals surface area contributed by atoms with E-state index in [0.717, 1.165) is 42.9 Å². The molecule has 112 valence electrons. The smallest absolute Gasteiger partial charge is 0.124 e. The highest BCUT2D eigenvalue weighted by atomic mass is 35.5. The van der Waals surface area contributed by atoms with Gasteiger partial charge in [-0.1, -0.05) is 24.6 Å². The molecule has 1 aliphatic rings. The maximum Gasteiger partial charge on any atom is 0.124 e. The van der Waals surface area contributed by atoms with E-state index in [-0.39, 0.29) is 0 Å². The molecule has 1 aliphatic carbocycles. The monoisotopic (exact) mass is 297 g/mol. The summed E-state index contributed by atoms with van der Waals surface area (Å²) < 4.78 is 5.32. The summed E-state index contributed by atoms with van der Waals surface area (Å²) >= 11 is 6.20. The Hall–Kier alpha value is -0.770. The summed E-state index contributed by atoms with van der Waals surface area (Å²) in [5, 5.41) is 14.6. The molecule has 4 heteroatoms. The highest BCUT2D eigenvalue weighted by Gasteiger charge is 2.31. The van der Waals surface area contributed by atoms with Crippen molar-refractivity contribution in [3.8, 4) is 5.75 Å². The van der Waals surface area contributed by atoms with Crippen molar-refractivity contribution in [1.29, 1.82) is 0 Å². The summed E-state index contributed by atoms with van der Waals surface area (Å²) in [6.45, 7) is 3.47. The number of halogens is 1. The standard InChI is InChI=1S/C16H24ClNO2/c1-12-6-8-16(19,9-7-12)11-18-10-13-14(17)4-3-5-15(13)20-2/h3-5,12,18-19H,6-11H2,1-2H3. The summed E-state index contributed by atoms with van der Waals surface area (Å²) in [7, 11) is 1.64. The zero-order chi connectivity index (χ0) is 14.6. The van der Waals surface area contributed by atoms with Crippen LogP contribution in [0.4, 0.5) is 0 Å². The first-order valence-corrected chi connectivity index (χ1v) is 7.66. The van der Waals surface area contributed by atoms with Crippen molar-refractivity contribution < 1.29 is 9.84 Å². The number of aliphatic hydroxyl groups is 1. The molecular formula is C16H24ClNO2. The Kier molecular flexibility index (Phi) is 5.30. The van der Waals surface area contributed by atoms with Gasteiger partial charge in [0, 0.05) is 23.7 Å². The molecule has 3 nitrogen and oxygen atoms in total. The van der Waals surface area contributed by atoms with Crippen LogP contribution >= 0.6 is 11.6 Å². The highest BCUT2D eigenvalue weighted by Crippen LogP contribution is 2.31. The number of methoxy groups -OCH3 is 1. The van der Waals surface area contributed by atoms with E-state index in [2.05, 4.69) is 12.2 Å². The molecule has 0 aliphatic heterocycles. The molecule has 1 fully saturated rings. The molecule has 0 saturated heterocycles. The second-order valence-corrected chi connectivity index (χ2v) is 6.34. The second-order valence-electron chi connectivity index (χ2n) is 5.93. The molecule has 20 heavy (non-hydrogen) atoms. The first-order valence-electron chi connectivity index (χ1n) is 7.28. The second kappa shape index (κ2) is 6.79. The van der Waals surface area contributed by atoms with Gasteiger partial charge in [-0.25, -0.2) is 0 Å². The SMILES string of the molecule is COc1cccc(Cl)c1CNCC1(O)CCC(C)CC1. The van der Waals surface area contributed by atoms with Crippen LogP contribution in [0.1, 0.15) is 38.2 Å². The van der Waals surface area contributed by atoms with Gasteiger partial charge in [-0.2, -0.15) is 0 Å². The van der Waals surface area contributed by atoms with E-state index in [1.807, 2.05) is 18.2 Å². The van der Waals surface area contributed by atoms with Crippen molar-refractivity contribution >= 4 is 11.6 Å². The lowest BCUT2D eigenvalue weighted by Gasteiger charge is -2.35. The van der Waals surface area contributed by atoms with Gasteiger partial charge < -0.3 is 15.2 Å². The van der Waals surface area contributed by atoms with Crippen molar-refractivity contribution in [2.45, 2.75) is 44.8 Å². The fraction of sp³-hybridized carbons (Fsp3) is 0.625. The summed E-state index contributed by atoms with van der Waals surface area (Å²) in [6.07, 6.45) is 3.96. The number of benzene rings is 1. The Bertz CT molecular complexity index is 442. The molecule has 1 saturated carbocycles. The van der Waals surface area contributed by atoms with Gasteiger partial charge in [-0.3, -0.25) is 0 Å². The number of rotatable bonds is 5. The van der Waals surface area contributed by atoms with Crippen LogP contribution in [0.2, 0.25) is 5.02 Å². The molecule has 0 aromatic heterocycles. The third-order valence-corrected chi connectivity index (χ3v) is 4.61. The van der Waals surface area contributed by atoms with Crippen molar-refractivity contribution in [3.05, 3.63) is 28.8 Å². The van der Waals surface area contributed by atoms with E-state index in [0.29, 0.717) is 18.1 Å².